The van der Waals surface area contributed by atoms with Crippen LogP contribution in [0.4, 0.5) is 5.69 Å². The number of nitrogens with zero attached hydrogens (tertiary/aromatic N) is 3. The van der Waals surface area contributed by atoms with Crippen molar-refractivity contribution in [2.45, 2.75) is 25.3 Å². The highest BCUT2D eigenvalue weighted by atomic mass is 35.5. The van der Waals surface area contributed by atoms with Crippen molar-refractivity contribution < 1.29 is 19.6 Å². The van der Waals surface area contributed by atoms with E-state index in [4.69, 9.17) is 16.7 Å². The first kappa shape index (κ1) is 19.5. The van der Waals surface area contributed by atoms with E-state index in [1.165, 1.54) is 17.1 Å². The van der Waals surface area contributed by atoms with Crippen molar-refractivity contribution in [2.75, 3.05) is 0 Å². The third-order valence-corrected chi connectivity index (χ3v) is 4.74. The fourth-order valence-electron chi connectivity index (χ4n) is 3.01. The first-order chi connectivity index (χ1) is 13.4. The molecule has 0 spiro atoms. The van der Waals surface area contributed by atoms with Crippen molar-refractivity contribution in [2.24, 2.45) is 5.10 Å². The van der Waals surface area contributed by atoms with E-state index < -0.39 is 22.8 Å². The lowest BCUT2D eigenvalue weighted by Gasteiger charge is -2.22. The molecule has 1 heterocycles. The van der Waals surface area contributed by atoms with Crippen LogP contribution in [0.1, 0.15) is 36.4 Å². The predicted molar refractivity (Wildman–Crippen MR) is 102 cm³/mol. The average Bonchev–Trinajstić information content (AvgIpc) is 3.11. The van der Waals surface area contributed by atoms with Crippen molar-refractivity contribution >= 4 is 34.9 Å². The SMILES string of the molecule is O=C(O)CCC(=O)N1N=C(c2ccc([N+](=O)[O-])cc2)C[C@@H]1c1ccccc1Cl. The fraction of sp³-hybridized carbons (Fsp3) is 0.211. The maximum absolute atomic E-state index is 12.6. The summed E-state index contributed by atoms with van der Waals surface area (Å²) in [6.45, 7) is 0. The molecule has 144 valence electrons. The van der Waals surface area contributed by atoms with Gasteiger partial charge in [-0.15, -0.1) is 0 Å². The number of rotatable bonds is 6. The zero-order valence-electron chi connectivity index (χ0n) is 14.6. The van der Waals surface area contributed by atoms with Gasteiger partial charge in [0.1, 0.15) is 0 Å². The summed E-state index contributed by atoms with van der Waals surface area (Å²) < 4.78 is 0. The molecular formula is C19H16ClN3O5. The number of carboxylic acids is 1. The number of hydrogen-bond acceptors (Lipinski definition) is 5. The topological polar surface area (TPSA) is 113 Å². The van der Waals surface area contributed by atoms with Crippen molar-refractivity contribution in [3.05, 3.63) is 74.8 Å². The van der Waals surface area contributed by atoms with Gasteiger partial charge in [0.05, 0.1) is 23.1 Å². The number of non-ortho nitro benzene ring substituents is 1. The number of nitro groups is 1. The molecule has 0 saturated heterocycles. The van der Waals surface area contributed by atoms with Crippen LogP contribution in [0.15, 0.2) is 53.6 Å². The highest BCUT2D eigenvalue weighted by Gasteiger charge is 2.34. The van der Waals surface area contributed by atoms with Crippen molar-refractivity contribution in [1.29, 1.82) is 0 Å². The van der Waals surface area contributed by atoms with Gasteiger partial charge in [0.15, 0.2) is 0 Å². The number of amides is 1. The molecule has 0 saturated carbocycles. The Hall–Kier alpha value is -3.26. The monoisotopic (exact) mass is 401 g/mol. The Labute approximate surface area is 165 Å². The molecule has 1 aliphatic rings. The molecule has 0 unspecified atom stereocenters. The summed E-state index contributed by atoms with van der Waals surface area (Å²) in [5.74, 6) is -1.49. The third-order valence-electron chi connectivity index (χ3n) is 4.39. The standard InChI is InChI=1S/C19H16ClN3O5/c20-15-4-2-1-3-14(15)17-11-16(12-5-7-13(8-6-12)23(27)28)21-22(17)18(24)9-10-19(25)26/h1-8,17H,9-11H2,(H,25,26)/t17-/m1/s1. The second kappa shape index (κ2) is 8.18. The lowest BCUT2D eigenvalue weighted by Crippen LogP contribution is -2.27. The van der Waals surface area contributed by atoms with E-state index in [-0.39, 0.29) is 18.5 Å². The van der Waals surface area contributed by atoms with Gasteiger partial charge in [-0.25, -0.2) is 5.01 Å². The lowest BCUT2D eigenvalue weighted by molar-refractivity contribution is -0.384. The molecule has 0 aliphatic carbocycles. The van der Waals surface area contributed by atoms with Crippen LogP contribution >= 0.6 is 11.6 Å². The molecule has 1 atom stereocenters. The molecule has 0 radical (unpaired) electrons. The summed E-state index contributed by atoms with van der Waals surface area (Å²) in [5.41, 5.74) is 1.88. The number of carbonyl (C=O) groups excluding carboxylic acids is 1. The number of benzene rings is 2. The van der Waals surface area contributed by atoms with Gasteiger partial charge in [-0.3, -0.25) is 19.7 Å². The van der Waals surface area contributed by atoms with Crippen LogP contribution in [0, 0.1) is 10.1 Å². The summed E-state index contributed by atoms with van der Waals surface area (Å²) >= 11 is 6.29. The minimum Gasteiger partial charge on any atom is -0.481 e. The van der Waals surface area contributed by atoms with E-state index in [2.05, 4.69) is 5.10 Å². The first-order valence-electron chi connectivity index (χ1n) is 8.47. The molecular weight excluding hydrogens is 386 g/mol. The number of carboxylic acid groups (broad SMARTS) is 1. The molecule has 0 aromatic heterocycles. The van der Waals surface area contributed by atoms with Crippen LogP contribution < -0.4 is 0 Å². The van der Waals surface area contributed by atoms with E-state index in [0.29, 0.717) is 28.3 Å². The predicted octanol–water partition coefficient (Wildman–Crippen LogP) is 3.79. The molecule has 1 aliphatic heterocycles. The van der Waals surface area contributed by atoms with Crippen LogP contribution in [-0.4, -0.2) is 32.6 Å². The van der Waals surface area contributed by atoms with E-state index in [1.54, 1.807) is 36.4 Å². The molecule has 3 rings (SSSR count). The van der Waals surface area contributed by atoms with E-state index in [9.17, 15) is 19.7 Å². The van der Waals surface area contributed by atoms with Crippen LogP contribution in [-0.2, 0) is 9.59 Å². The highest BCUT2D eigenvalue weighted by Crippen LogP contribution is 2.36. The quantitative estimate of drug-likeness (QED) is 0.584. The Morgan fingerprint density at radius 2 is 1.86 bits per heavy atom. The van der Waals surface area contributed by atoms with Crippen molar-refractivity contribution in [3.8, 4) is 0 Å². The molecule has 8 nitrogen and oxygen atoms in total. The zero-order chi connectivity index (χ0) is 20.3. The third kappa shape index (κ3) is 4.17. The van der Waals surface area contributed by atoms with Gasteiger partial charge in [-0.05, 0) is 29.3 Å². The van der Waals surface area contributed by atoms with Crippen LogP contribution in [0.2, 0.25) is 5.02 Å². The summed E-state index contributed by atoms with van der Waals surface area (Å²) in [5, 5.41) is 25.8. The molecule has 1 N–H and O–H groups in total. The Balaban J connectivity index is 1.92. The number of hydrogen-bond donors (Lipinski definition) is 1. The van der Waals surface area contributed by atoms with Gasteiger partial charge in [0.25, 0.3) is 5.69 Å². The number of carbonyl (C=O) groups is 2. The average molecular weight is 402 g/mol. The molecule has 9 heteroatoms. The molecule has 0 fully saturated rings. The molecule has 2 aromatic rings. The van der Waals surface area contributed by atoms with E-state index >= 15 is 0 Å². The highest BCUT2D eigenvalue weighted by molar-refractivity contribution is 6.31. The number of hydrazone groups is 1. The van der Waals surface area contributed by atoms with E-state index in [1.807, 2.05) is 0 Å². The number of nitro benzene ring substituents is 1. The number of aliphatic carboxylic acids is 1. The fourth-order valence-corrected chi connectivity index (χ4v) is 3.27. The smallest absolute Gasteiger partial charge is 0.303 e. The molecule has 28 heavy (non-hydrogen) atoms. The van der Waals surface area contributed by atoms with Gasteiger partial charge < -0.3 is 5.11 Å². The molecule has 1 amide bonds. The summed E-state index contributed by atoms with van der Waals surface area (Å²) in [7, 11) is 0. The van der Waals surface area contributed by atoms with Crippen molar-refractivity contribution in [3.63, 3.8) is 0 Å². The normalized spacial score (nSPS) is 16.0. The second-order valence-corrected chi connectivity index (χ2v) is 6.63. The van der Waals surface area contributed by atoms with Gasteiger partial charge in [0, 0.05) is 30.0 Å². The minimum atomic E-state index is -1.07. The molecule has 0 bridgehead atoms. The summed E-state index contributed by atoms with van der Waals surface area (Å²) in [4.78, 5) is 33.7. The zero-order valence-corrected chi connectivity index (χ0v) is 15.4. The van der Waals surface area contributed by atoms with Gasteiger partial charge >= 0.3 is 5.97 Å². The second-order valence-electron chi connectivity index (χ2n) is 6.22. The maximum Gasteiger partial charge on any atom is 0.303 e. The Bertz CT molecular complexity index is 958. The van der Waals surface area contributed by atoms with Gasteiger partial charge in [-0.1, -0.05) is 29.8 Å². The minimum absolute atomic E-state index is 0.0422. The Kier molecular flexibility index (Phi) is 5.70. The lowest BCUT2D eigenvalue weighted by atomic mass is 9.98. The van der Waals surface area contributed by atoms with Gasteiger partial charge in [0.2, 0.25) is 5.91 Å². The van der Waals surface area contributed by atoms with Crippen LogP contribution in [0.25, 0.3) is 0 Å². The number of halogens is 1. The molecule has 2 aromatic carbocycles. The Morgan fingerprint density at radius 3 is 2.46 bits per heavy atom. The summed E-state index contributed by atoms with van der Waals surface area (Å²) in [6, 6.07) is 12.5. The van der Waals surface area contributed by atoms with Crippen LogP contribution in [0.5, 0.6) is 0 Å². The van der Waals surface area contributed by atoms with E-state index in [0.717, 1.165) is 0 Å². The maximum atomic E-state index is 12.6. The van der Waals surface area contributed by atoms with Crippen LogP contribution in [0.3, 0.4) is 0 Å². The summed E-state index contributed by atoms with van der Waals surface area (Å²) in [6.07, 6.45) is -0.124. The van der Waals surface area contributed by atoms with Crippen molar-refractivity contribution in [1.82, 2.24) is 5.01 Å². The van der Waals surface area contributed by atoms with Gasteiger partial charge in [-0.2, -0.15) is 5.10 Å². The largest absolute Gasteiger partial charge is 0.481 e. The first-order valence-corrected chi connectivity index (χ1v) is 8.85. The Morgan fingerprint density at radius 1 is 1.18 bits per heavy atom.